The van der Waals surface area contributed by atoms with Gasteiger partial charge in [0.25, 0.3) is 5.91 Å². The number of carbonyl (C=O) groups is 2. The van der Waals surface area contributed by atoms with Gasteiger partial charge in [-0.1, -0.05) is 11.6 Å². The molecule has 0 atom stereocenters. The molecule has 0 aromatic carbocycles. The number of rotatable bonds is 3. The number of piperazine rings is 1. The van der Waals surface area contributed by atoms with Crippen molar-refractivity contribution >= 4 is 29.1 Å². The second kappa shape index (κ2) is 8.12. The van der Waals surface area contributed by atoms with E-state index in [1.807, 2.05) is 0 Å². The molecular weight excluding hydrogens is 473 g/mol. The fraction of sp³-hybridized carbons (Fsp3) is 0.609. The normalized spacial score (nSPS) is 26.4. The number of hydrogen-bond acceptors (Lipinski definition) is 4. The molecule has 1 saturated heterocycles. The fourth-order valence-corrected chi connectivity index (χ4v) is 5.31. The van der Waals surface area contributed by atoms with Gasteiger partial charge in [-0.25, -0.2) is 4.98 Å². The smallest absolute Gasteiger partial charge is 0.390 e. The molecule has 3 fully saturated rings. The van der Waals surface area contributed by atoms with Crippen molar-refractivity contribution in [3.8, 4) is 0 Å². The zero-order valence-electron chi connectivity index (χ0n) is 18.7. The quantitative estimate of drug-likeness (QED) is 0.697. The average molecular weight is 499 g/mol. The number of fused-ring (bicyclic) bond motifs is 1. The number of nitrogens with zero attached hydrogens (tertiary/aromatic N) is 4. The zero-order valence-corrected chi connectivity index (χ0v) is 19.5. The van der Waals surface area contributed by atoms with E-state index in [1.165, 1.54) is 11.1 Å². The molecule has 0 radical (unpaired) electrons. The first-order chi connectivity index (χ1) is 15.9. The van der Waals surface area contributed by atoms with E-state index in [9.17, 15) is 27.9 Å². The summed E-state index contributed by atoms with van der Waals surface area (Å²) in [5.74, 6) is -0.829. The molecule has 0 spiro atoms. The summed E-state index contributed by atoms with van der Waals surface area (Å²) in [7, 11) is 0. The number of halogens is 4. The predicted octanol–water partition coefficient (Wildman–Crippen LogP) is 3.86. The lowest BCUT2D eigenvalue weighted by Gasteiger charge is -2.43. The van der Waals surface area contributed by atoms with E-state index in [2.05, 4.69) is 4.98 Å². The van der Waals surface area contributed by atoms with Crippen molar-refractivity contribution < 1.29 is 27.9 Å². The van der Waals surface area contributed by atoms with Crippen LogP contribution in [0.2, 0.25) is 5.15 Å². The first-order valence-electron chi connectivity index (χ1n) is 11.5. The van der Waals surface area contributed by atoms with Crippen molar-refractivity contribution in [2.75, 3.05) is 19.6 Å². The van der Waals surface area contributed by atoms with Gasteiger partial charge in [-0.15, -0.1) is 0 Å². The summed E-state index contributed by atoms with van der Waals surface area (Å²) in [6.45, 7) is 2.16. The van der Waals surface area contributed by atoms with E-state index in [-0.39, 0.29) is 41.8 Å². The van der Waals surface area contributed by atoms with Crippen molar-refractivity contribution in [2.45, 2.75) is 69.2 Å². The van der Waals surface area contributed by atoms with Crippen LogP contribution in [0.15, 0.2) is 12.3 Å². The molecule has 3 aliphatic rings. The SMILES string of the molecule is CC1(O)CCC(N2CCN(C(=O)c3nc4c(C(F)(F)F)cc(C5CC5)cn4c3Cl)CC2=O)CC1. The Bertz CT molecular complexity index is 1150. The summed E-state index contributed by atoms with van der Waals surface area (Å²) in [6, 6.07) is 1.10. The lowest BCUT2D eigenvalue weighted by Crippen LogP contribution is -2.56. The summed E-state index contributed by atoms with van der Waals surface area (Å²) in [6.07, 6.45) is 1.08. The van der Waals surface area contributed by atoms with E-state index < -0.39 is 28.9 Å². The van der Waals surface area contributed by atoms with Crippen LogP contribution in [0.1, 0.15) is 73.0 Å². The van der Waals surface area contributed by atoms with Gasteiger partial charge in [0.05, 0.1) is 11.2 Å². The monoisotopic (exact) mass is 498 g/mol. The summed E-state index contributed by atoms with van der Waals surface area (Å²) in [5, 5.41) is 9.97. The lowest BCUT2D eigenvalue weighted by molar-refractivity contribution is -0.139. The van der Waals surface area contributed by atoms with Crippen LogP contribution in [-0.4, -0.2) is 67.4 Å². The van der Waals surface area contributed by atoms with E-state index in [0.717, 1.165) is 23.3 Å². The number of aliphatic hydroxyl groups is 1. The number of carbonyl (C=O) groups excluding carboxylic acids is 2. The summed E-state index contributed by atoms with van der Waals surface area (Å²) in [5.41, 5.74) is -1.81. The summed E-state index contributed by atoms with van der Waals surface area (Å²) in [4.78, 5) is 33.0. The van der Waals surface area contributed by atoms with Crippen LogP contribution < -0.4 is 0 Å². The molecule has 0 bridgehead atoms. The molecule has 1 N–H and O–H groups in total. The lowest BCUT2D eigenvalue weighted by atomic mass is 9.83. The zero-order chi connectivity index (χ0) is 24.4. The van der Waals surface area contributed by atoms with Crippen molar-refractivity contribution in [1.82, 2.24) is 19.2 Å². The molecule has 1 aliphatic heterocycles. The molecule has 2 aliphatic carbocycles. The second-order valence-electron chi connectivity index (χ2n) is 9.95. The molecule has 2 aromatic heterocycles. The summed E-state index contributed by atoms with van der Waals surface area (Å²) < 4.78 is 42.4. The molecule has 7 nitrogen and oxygen atoms in total. The Balaban J connectivity index is 1.38. The molecule has 11 heteroatoms. The molecule has 0 unspecified atom stereocenters. The Morgan fingerprint density at radius 3 is 2.47 bits per heavy atom. The van der Waals surface area contributed by atoms with Gasteiger partial charge in [0, 0.05) is 25.3 Å². The van der Waals surface area contributed by atoms with Crippen LogP contribution in [0.5, 0.6) is 0 Å². The first-order valence-corrected chi connectivity index (χ1v) is 11.9. The highest BCUT2D eigenvalue weighted by molar-refractivity contribution is 6.33. The number of alkyl halides is 3. The maximum absolute atomic E-state index is 13.7. The Labute approximate surface area is 199 Å². The van der Waals surface area contributed by atoms with Crippen LogP contribution in [0.3, 0.4) is 0 Å². The molecule has 184 valence electrons. The number of pyridine rings is 1. The molecule has 2 aromatic rings. The number of aromatic nitrogens is 2. The van der Waals surface area contributed by atoms with E-state index in [1.54, 1.807) is 11.8 Å². The van der Waals surface area contributed by atoms with E-state index in [4.69, 9.17) is 11.6 Å². The third-order valence-corrected chi connectivity index (χ3v) is 7.62. The Morgan fingerprint density at radius 2 is 1.88 bits per heavy atom. The van der Waals surface area contributed by atoms with Crippen molar-refractivity contribution in [1.29, 1.82) is 0 Å². The topological polar surface area (TPSA) is 78.2 Å². The highest BCUT2D eigenvalue weighted by Gasteiger charge is 2.40. The molecule has 34 heavy (non-hydrogen) atoms. The Morgan fingerprint density at radius 1 is 1.21 bits per heavy atom. The summed E-state index contributed by atoms with van der Waals surface area (Å²) >= 11 is 6.37. The van der Waals surface area contributed by atoms with Crippen LogP contribution in [0, 0.1) is 0 Å². The highest BCUT2D eigenvalue weighted by Crippen LogP contribution is 2.43. The molecule has 2 saturated carbocycles. The fourth-order valence-electron chi connectivity index (χ4n) is 5.05. The number of hydrogen-bond donors (Lipinski definition) is 1. The minimum Gasteiger partial charge on any atom is -0.390 e. The maximum atomic E-state index is 13.7. The van der Waals surface area contributed by atoms with Gasteiger partial charge in [-0.05, 0) is 63.0 Å². The highest BCUT2D eigenvalue weighted by atomic mass is 35.5. The molecular formula is C23H26ClF3N4O3. The average Bonchev–Trinajstić information content (AvgIpc) is 3.56. The largest absolute Gasteiger partial charge is 0.419 e. The third-order valence-electron chi connectivity index (χ3n) is 7.26. The van der Waals surface area contributed by atoms with Gasteiger partial charge in [-0.2, -0.15) is 13.2 Å². The van der Waals surface area contributed by atoms with Gasteiger partial charge < -0.3 is 14.9 Å². The minimum atomic E-state index is -4.65. The van der Waals surface area contributed by atoms with Gasteiger partial charge in [0.1, 0.15) is 11.7 Å². The van der Waals surface area contributed by atoms with Gasteiger partial charge in [0.15, 0.2) is 11.3 Å². The van der Waals surface area contributed by atoms with Crippen molar-refractivity contribution in [3.63, 3.8) is 0 Å². The Hall–Kier alpha value is -2.33. The van der Waals surface area contributed by atoms with Crippen LogP contribution in [0.4, 0.5) is 13.2 Å². The van der Waals surface area contributed by atoms with Crippen LogP contribution in [-0.2, 0) is 11.0 Å². The van der Waals surface area contributed by atoms with Gasteiger partial charge >= 0.3 is 6.18 Å². The van der Waals surface area contributed by atoms with Crippen LogP contribution in [0.25, 0.3) is 5.65 Å². The second-order valence-corrected chi connectivity index (χ2v) is 10.3. The van der Waals surface area contributed by atoms with Crippen molar-refractivity contribution in [2.24, 2.45) is 0 Å². The first kappa shape index (κ1) is 23.4. The third kappa shape index (κ3) is 4.26. The molecule has 5 rings (SSSR count). The predicted molar refractivity (Wildman–Crippen MR) is 118 cm³/mol. The molecule has 3 heterocycles. The molecule has 2 amide bonds. The minimum absolute atomic E-state index is 0.0129. The number of imidazole rings is 1. The standard InChI is InChI=1S/C23H26ClF3N4O3/c1-22(34)6-4-15(5-7-22)30-9-8-29(12-17(30)32)21(33)18-19(24)31-11-14(13-2-3-13)10-16(20(31)28-18)23(25,26)27/h10-11,13,15,34H,2-9,12H2,1H3. The maximum Gasteiger partial charge on any atom is 0.419 e. The van der Waals surface area contributed by atoms with Gasteiger partial charge in [-0.3, -0.25) is 14.0 Å². The number of amides is 2. The van der Waals surface area contributed by atoms with Crippen molar-refractivity contribution in [3.05, 3.63) is 34.2 Å². The Kier molecular flexibility index (Phi) is 5.59. The van der Waals surface area contributed by atoms with Gasteiger partial charge in [0.2, 0.25) is 5.91 Å². The van der Waals surface area contributed by atoms with E-state index in [0.29, 0.717) is 37.8 Å². The van der Waals surface area contributed by atoms with Crippen LogP contribution >= 0.6 is 11.6 Å². The van der Waals surface area contributed by atoms with E-state index >= 15 is 0 Å².